The van der Waals surface area contributed by atoms with E-state index in [0.29, 0.717) is 18.7 Å². The molecule has 0 atom stereocenters. The number of hydrogen-bond donors (Lipinski definition) is 1. The Kier molecular flexibility index (Phi) is 2.88. The minimum absolute atomic E-state index is 0.0573. The van der Waals surface area contributed by atoms with Crippen LogP contribution in [0.15, 0.2) is 18.2 Å². The number of benzene rings is 1. The van der Waals surface area contributed by atoms with Gasteiger partial charge in [0.2, 0.25) is 0 Å². The fourth-order valence-electron chi connectivity index (χ4n) is 2.11. The van der Waals surface area contributed by atoms with E-state index in [1.807, 2.05) is 32.0 Å². The van der Waals surface area contributed by atoms with Gasteiger partial charge in [0.1, 0.15) is 0 Å². The largest absolute Gasteiger partial charge is 0.481 e. The highest BCUT2D eigenvalue weighted by molar-refractivity contribution is 5.98. The molecule has 90 valence electrons. The summed E-state index contributed by atoms with van der Waals surface area (Å²) in [4.78, 5) is 24.4. The summed E-state index contributed by atoms with van der Waals surface area (Å²) < 4.78 is 0. The van der Waals surface area contributed by atoms with Gasteiger partial charge in [0.25, 0.3) is 5.91 Å². The van der Waals surface area contributed by atoms with Gasteiger partial charge in [-0.1, -0.05) is 18.2 Å². The van der Waals surface area contributed by atoms with Crippen molar-refractivity contribution in [3.8, 4) is 0 Å². The van der Waals surface area contributed by atoms with Crippen LogP contribution in [0.3, 0.4) is 0 Å². The third kappa shape index (κ3) is 2.02. The number of carboxylic acid groups (broad SMARTS) is 1. The lowest BCUT2D eigenvalue weighted by atomic mass is 9.96. The van der Waals surface area contributed by atoms with Gasteiger partial charge in [-0.2, -0.15) is 0 Å². The summed E-state index contributed by atoms with van der Waals surface area (Å²) in [6.07, 6.45) is 0. The topological polar surface area (TPSA) is 57.6 Å². The molecule has 1 aliphatic heterocycles. The van der Waals surface area contributed by atoms with Crippen molar-refractivity contribution in [2.24, 2.45) is 5.92 Å². The van der Waals surface area contributed by atoms with Crippen LogP contribution in [-0.4, -0.2) is 35.0 Å². The van der Waals surface area contributed by atoms with Gasteiger partial charge in [0.05, 0.1) is 5.92 Å². The van der Waals surface area contributed by atoms with Gasteiger partial charge in [0, 0.05) is 18.7 Å². The third-order valence-electron chi connectivity index (χ3n) is 3.21. The van der Waals surface area contributed by atoms with Crippen LogP contribution in [0.4, 0.5) is 0 Å². The van der Waals surface area contributed by atoms with Crippen molar-refractivity contribution in [2.45, 2.75) is 13.8 Å². The molecule has 1 fully saturated rings. The van der Waals surface area contributed by atoms with Crippen LogP contribution in [0, 0.1) is 19.8 Å². The van der Waals surface area contributed by atoms with E-state index in [0.717, 1.165) is 11.1 Å². The average Bonchev–Trinajstić information content (AvgIpc) is 2.13. The van der Waals surface area contributed by atoms with E-state index in [1.165, 1.54) is 0 Å². The van der Waals surface area contributed by atoms with Gasteiger partial charge >= 0.3 is 5.97 Å². The first-order valence-electron chi connectivity index (χ1n) is 5.59. The maximum Gasteiger partial charge on any atom is 0.310 e. The zero-order valence-corrected chi connectivity index (χ0v) is 9.93. The first-order valence-corrected chi connectivity index (χ1v) is 5.59. The number of aryl methyl sites for hydroxylation is 2. The molecular weight excluding hydrogens is 218 g/mol. The molecule has 0 spiro atoms. The zero-order valence-electron chi connectivity index (χ0n) is 9.93. The molecule has 1 heterocycles. The average molecular weight is 233 g/mol. The lowest BCUT2D eigenvalue weighted by molar-refractivity contribution is -0.146. The van der Waals surface area contributed by atoms with E-state index >= 15 is 0 Å². The highest BCUT2D eigenvalue weighted by Gasteiger charge is 2.36. The van der Waals surface area contributed by atoms with Gasteiger partial charge in [-0.25, -0.2) is 0 Å². The van der Waals surface area contributed by atoms with E-state index in [-0.39, 0.29) is 5.91 Å². The first kappa shape index (κ1) is 11.6. The third-order valence-corrected chi connectivity index (χ3v) is 3.21. The zero-order chi connectivity index (χ0) is 12.6. The Morgan fingerprint density at radius 2 is 1.76 bits per heavy atom. The second-order valence-electron chi connectivity index (χ2n) is 4.51. The summed E-state index contributed by atoms with van der Waals surface area (Å²) in [5, 5.41) is 8.77. The van der Waals surface area contributed by atoms with Gasteiger partial charge in [-0.05, 0) is 25.0 Å². The number of aliphatic carboxylic acids is 1. The summed E-state index contributed by atoms with van der Waals surface area (Å²) in [6, 6.07) is 5.71. The molecule has 0 aliphatic carbocycles. The van der Waals surface area contributed by atoms with Gasteiger partial charge in [0.15, 0.2) is 0 Å². The predicted octanol–water partition coefficient (Wildman–Crippen LogP) is 1.46. The van der Waals surface area contributed by atoms with E-state index in [1.54, 1.807) is 4.90 Å². The molecule has 0 aromatic heterocycles. The van der Waals surface area contributed by atoms with Crippen molar-refractivity contribution < 1.29 is 14.7 Å². The smallest absolute Gasteiger partial charge is 0.310 e. The van der Waals surface area contributed by atoms with Crippen molar-refractivity contribution in [3.63, 3.8) is 0 Å². The molecule has 4 nitrogen and oxygen atoms in total. The SMILES string of the molecule is Cc1cccc(C)c1C(=O)N1CC(C(=O)O)C1. The van der Waals surface area contributed by atoms with Crippen molar-refractivity contribution in [3.05, 3.63) is 34.9 Å². The van der Waals surface area contributed by atoms with Crippen LogP contribution in [0.2, 0.25) is 0 Å². The van der Waals surface area contributed by atoms with Crippen LogP contribution < -0.4 is 0 Å². The van der Waals surface area contributed by atoms with Crippen LogP contribution in [0.1, 0.15) is 21.5 Å². The Balaban J connectivity index is 2.15. The summed E-state index contributed by atoms with van der Waals surface area (Å²) in [6.45, 7) is 4.44. The van der Waals surface area contributed by atoms with Crippen molar-refractivity contribution in [2.75, 3.05) is 13.1 Å². The van der Waals surface area contributed by atoms with Gasteiger partial charge in [-0.15, -0.1) is 0 Å². The summed E-state index contributed by atoms with van der Waals surface area (Å²) >= 11 is 0. The molecule has 0 saturated carbocycles. The number of carbonyl (C=O) groups excluding carboxylic acids is 1. The van der Waals surface area contributed by atoms with Crippen molar-refractivity contribution in [1.82, 2.24) is 4.90 Å². The van der Waals surface area contributed by atoms with Crippen LogP contribution in [-0.2, 0) is 4.79 Å². The molecule has 1 saturated heterocycles. The minimum Gasteiger partial charge on any atom is -0.481 e. The Hall–Kier alpha value is -1.84. The summed E-state index contributed by atoms with van der Waals surface area (Å²) in [5.41, 5.74) is 2.58. The Labute approximate surface area is 99.9 Å². The fourth-order valence-corrected chi connectivity index (χ4v) is 2.11. The van der Waals surface area contributed by atoms with E-state index < -0.39 is 11.9 Å². The lowest BCUT2D eigenvalue weighted by Crippen LogP contribution is -2.53. The monoisotopic (exact) mass is 233 g/mol. The van der Waals surface area contributed by atoms with Crippen molar-refractivity contribution >= 4 is 11.9 Å². The molecule has 17 heavy (non-hydrogen) atoms. The summed E-state index contributed by atoms with van der Waals surface area (Å²) in [7, 11) is 0. The molecule has 1 aromatic rings. The fraction of sp³-hybridized carbons (Fsp3) is 0.385. The number of nitrogens with zero attached hydrogens (tertiary/aromatic N) is 1. The minimum atomic E-state index is -0.824. The number of carboxylic acids is 1. The van der Waals surface area contributed by atoms with Crippen molar-refractivity contribution in [1.29, 1.82) is 0 Å². The first-order chi connectivity index (χ1) is 8.00. The summed E-state index contributed by atoms with van der Waals surface area (Å²) in [5.74, 6) is -1.28. The second kappa shape index (κ2) is 4.20. The normalized spacial score (nSPS) is 15.5. The Bertz CT molecular complexity index is 455. The predicted molar refractivity (Wildman–Crippen MR) is 62.9 cm³/mol. The van der Waals surface area contributed by atoms with E-state index in [4.69, 9.17) is 5.11 Å². The van der Waals surface area contributed by atoms with Crippen LogP contribution in [0.25, 0.3) is 0 Å². The Morgan fingerprint density at radius 3 is 2.24 bits per heavy atom. The Morgan fingerprint density at radius 1 is 1.24 bits per heavy atom. The molecule has 0 bridgehead atoms. The molecular formula is C13H15NO3. The number of hydrogen-bond acceptors (Lipinski definition) is 2. The van der Waals surface area contributed by atoms with E-state index in [2.05, 4.69) is 0 Å². The maximum atomic E-state index is 12.2. The maximum absolute atomic E-state index is 12.2. The molecule has 4 heteroatoms. The molecule has 1 aliphatic rings. The molecule has 1 aromatic carbocycles. The number of carbonyl (C=O) groups is 2. The highest BCUT2D eigenvalue weighted by Crippen LogP contribution is 2.22. The van der Waals surface area contributed by atoms with Gasteiger partial charge < -0.3 is 10.0 Å². The molecule has 2 rings (SSSR count). The highest BCUT2D eigenvalue weighted by atomic mass is 16.4. The molecule has 0 unspecified atom stereocenters. The lowest BCUT2D eigenvalue weighted by Gasteiger charge is -2.37. The molecule has 1 N–H and O–H groups in total. The van der Waals surface area contributed by atoms with E-state index in [9.17, 15) is 9.59 Å². The molecule has 1 amide bonds. The quantitative estimate of drug-likeness (QED) is 0.841. The van der Waals surface area contributed by atoms with Crippen LogP contribution >= 0.6 is 0 Å². The second-order valence-corrected chi connectivity index (χ2v) is 4.51. The number of amides is 1. The molecule has 0 radical (unpaired) electrons. The standard InChI is InChI=1S/C13H15NO3/c1-8-4-3-5-9(2)11(8)12(15)14-6-10(7-14)13(16)17/h3-5,10H,6-7H2,1-2H3,(H,16,17). The number of rotatable bonds is 2. The van der Waals surface area contributed by atoms with Crippen LogP contribution in [0.5, 0.6) is 0 Å². The van der Waals surface area contributed by atoms with Gasteiger partial charge in [-0.3, -0.25) is 9.59 Å². The number of likely N-dealkylation sites (tertiary alicyclic amines) is 1.